The molecule has 6 nitrogen and oxygen atoms in total. The van der Waals surface area contributed by atoms with Crippen molar-refractivity contribution < 1.29 is 19.4 Å². The summed E-state index contributed by atoms with van der Waals surface area (Å²) >= 11 is 0. The molecule has 72 valence electrons. The van der Waals surface area contributed by atoms with Crippen molar-refractivity contribution in [3.8, 4) is 0 Å². The molecule has 6 heteroatoms. The highest BCUT2D eigenvalue weighted by atomic mass is 16.7. The molecule has 0 spiro atoms. The number of aliphatic hydroxyl groups is 1. The molecule has 13 heavy (non-hydrogen) atoms. The second-order valence-electron chi connectivity index (χ2n) is 2.29. The first-order valence-electron chi connectivity index (χ1n) is 3.50. The number of amides is 1. The standard InChI is InChI=1S/C7H10N2O4/c1-12-7(13-2)8-3-5(4-10)6(11)9-7/h3-4,10H,1-2H3,(H,9,11)/b5-4-. The number of carbonyl (C=O) groups excluding carboxylic acids is 1. The van der Waals surface area contributed by atoms with E-state index in [1.165, 1.54) is 20.4 Å². The van der Waals surface area contributed by atoms with Crippen LogP contribution in [-0.2, 0) is 14.3 Å². The average Bonchev–Trinajstić information content (AvgIpc) is 2.17. The van der Waals surface area contributed by atoms with Crippen LogP contribution in [0.1, 0.15) is 0 Å². The van der Waals surface area contributed by atoms with Crippen molar-refractivity contribution in [1.29, 1.82) is 0 Å². The largest absolute Gasteiger partial charge is 0.515 e. The van der Waals surface area contributed by atoms with Gasteiger partial charge in [-0.3, -0.25) is 10.1 Å². The van der Waals surface area contributed by atoms with E-state index >= 15 is 0 Å². The van der Waals surface area contributed by atoms with Crippen molar-refractivity contribution in [2.24, 2.45) is 4.99 Å². The summed E-state index contributed by atoms with van der Waals surface area (Å²) in [6.07, 6.45) is 1.83. The van der Waals surface area contributed by atoms with Gasteiger partial charge in [0.05, 0.1) is 11.8 Å². The van der Waals surface area contributed by atoms with Crippen molar-refractivity contribution in [2.45, 2.75) is 6.03 Å². The van der Waals surface area contributed by atoms with E-state index < -0.39 is 11.9 Å². The molecule has 0 atom stereocenters. The molecule has 0 aromatic rings. The highest BCUT2D eigenvalue weighted by Gasteiger charge is 2.35. The fourth-order valence-electron chi connectivity index (χ4n) is 0.844. The molecule has 0 saturated heterocycles. The summed E-state index contributed by atoms with van der Waals surface area (Å²) in [5.74, 6) is -0.513. The average molecular weight is 186 g/mol. The second-order valence-corrected chi connectivity index (χ2v) is 2.29. The zero-order valence-electron chi connectivity index (χ0n) is 7.27. The van der Waals surface area contributed by atoms with E-state index in [2.05, 4.69) is 10.3 Å². The van der Waals surface area contributed by atoms with Gasteiger partial charge in [-0.15, -0.1) is 0 Å². The fraction of sp³-hybridized carbons (Fsp3) is 0.429. The van der Waals surface area contributed by atoms with Crippen molar-refractivity contribution in [1.82, 2.24) is 5.32 Å². The number of hydrogen-bond acceptors (Lipinski definition) is 5. The van der Waals surface area contributed by atoms with Crippen LogP contribution in [0.15, 0.2) is 16.8 Å². The summed E-state index contributed by atoms with van der Waals surface area (Å²) in [6.45, 7) is 0. The predicted molar refractivity (Wildman–Crippen MR) is 44.1 cm³/mol. The topological polar surface area (TPSA) is 80.2 Å². The number of aliphatic imine (C=N–C) groups is 1. The van der Waals surface area contributed by atoms with Gasteiger partial charge in [0.15, 0.2) is 0 Å². The van der Waals surface area contributed by atoms with Gasteiger partial charge in [0.25, 0.3) is 5.91 Å². The predicted octanol–water partition coefficient (Wildman–Crippen LogP) is -0.467. The second kappa shape index (κ2) is 3.55. The van der Waals surface area contributed by atoms with Gasteiger partial charge in [0.2, 0.25) is 0 Å². The molecule has 1 amide bonds. The van der Waals surface area contributed by atoms with E-state index in [1.807, 2.05) is 0 Å². The Kier molecular flexibility index (Phi) is 2.64. The molecule has 0 bridgehead atoms. The number of aliphatic hydroxyl groups excluding tert-OH is 1. The highest BCUT2D eigenvalue weighted by Crippen LogP contribution is 2.13. The Hall–Kier alpha value is -1.40. The van der Waals surface area contributed by atoms with Gasteiger partial charge >= 0.3 is 6.03 Å². The summed E-state index contributed by atoms with van der Waals surface area (Å²) in [4.78, 5) is 14.9. The fourth-order valence-corrected chi connectivity index (χ4v) is 0.844. The quantitative estimate of drug-likeness (QED) is 0.347. The van der Waals surface area contributed by atoms with Gasteiger partial charge in [-0.05, 0) is 0 Å². The zero-order chi connectivity index (χ0) is 9.90. The van der Waals surface area contributed by atoms with Crippen molar-refractivity contribution in [2.75, 3.05) is 14.2 Å². The molecule has 2 N–H and O–H groups in total. The Bertz CT molecular complexity index is 268. The molecule has 0 unspecified atom stereocenters. The molecular weight excluding hydrogens is 176 g/mol. The third kappa shape index (κ3) is 1.68. The number of carbonyl (C=O) groups is 1. The van der Waals surface area contributed by atoms with Crippen LogP contribution in [0.3, 0.4) is 0 Å². The lowest BCUT2D eigenvalue weighted by molar-refractivity contribution is -0.220. The SMILES string of the molecule is COC1(OC)N=C/C(=C/O)C(=O)N1. The van der Waals surface area contributed by atoms with Crippen LogP contribution < -0.4 is 5.32 Å². The Morgan fingerprint density at radius 3 is 2.62 bits per heavy atom. The third-order valence-electron chi connectivity index (χ3n) is 1.60. The lowest BCUT2D eigenvalue weighted by atomic mass is 10.3. The van der Waals surface area contributed by atoms with Gasteiger partial charge in [-0.2, -0.15) is 0 Å². The molecule has 0 aliphatic carbocycles. The highest BCUT2D eigenvalue weighted by molar-refractivity contribution is 6.13. The van der Waals surface area contributed by atoms with Crippen LogP contribution in [0.2, 0.25) is 0 Å². The molecular formula is C7H10N2O4. The molecule has 0 aromatic heterocycles. The van der Waals surface area contributed by atoms with Crippen molar-refractivity contribution >= 4 is 12.1 Å². The number of hydrogen-bond donors (Lipinski definition) is 2. The Morgan fingerprint density at radius 2 is 2.23 bits per heavy atom. The van der Waals surface area contributed by atoms with Gasteiger partial charge in [-0.1, -0.05) is 0 Å². The van der Waals surface area contributed by atoms with E-state index in [1.54, 1.807) is 0 Å². The maximum Gasteiger partial charge on any atom is 0.360 e. The van der Waals surface area contributed by atoms with Crippen molar-refractivity contribution in [3.05, 3.63) is 11.8 Å². The van der Waals surface area contributed by atoms with E-state index in [9.17, 15) is 4.79 Å². The summed E-state index contributed by atoms with van der Waals surface area (Å²) in [6, 6.07) is -1.47. The van der Waals surface area contributed by atoms with Crippen LogP contribution in [-0.4, -0.2) is 37.5 Å². The van der Waals surface area contributed by atoms with E-state index in [-0.39, 0.29) is 5.57 Å². The first kappa shape index (κ1) is 9.69. The zero-order valence-corrected chi connectivity index (χ0v) is 7.27. The Labute approximate surface area is 74.9 Å². The van der Waals surface area contributed by atoms with Gasteiger partial charge in [-0.25, -0.2) is 4.99 Å². The molecule has 1 aliphatic rings. The minimum atomic E-state index is -1.47. The van der Waals surface area contributed by atoms with Crippen LogP contribution >= 0.6 is 0 Å². The maximum atomic E-state index is 11.2. The number of nitrogens with one attached hydrogen (secondary N) is 1. The minimum Gasteiger partial charge on any atom is -0.515 e. The molecule has 1 aliphatic heterocycles. The van der Waals surface area contributed by atoms with Crippen LogP contribution in [0.5, 0.6) is 0 Å². The first-order valence-corrected chi connectivity index (χ1v) is 3.50. The summed E-state index contributed by atoms with van der Waals surface area (Å²) in [5, 5.41) is 10.9. The van der Waals surface area contributed by atoms with E-state index in [4.69, 9.17) is 14.6 Å². The Balaban J connectivity index is 2.94. The summed E-state index contributed by atoms with van der Waals surface area (Å²) in [5.41, 5.74) is 0.0460. The molecule has 0 radical (unpaired) electrons. The molecule has 0 saturated carbocycles. The lowest BCUT2D eigenvalue weighted by Gasteiger charge is -2.29. The molecule has 1 rings (SSSR count). The number of nitrogens with zero attached hydrogens (tertiary/aromatic N) is 1. The summed E-state index contributed by atoms with van der Waals surface area (Å²) < 4.78 is 9.66. The number of methoxy groups -OCH3 is 2. The molecule has 1 heterocycles. The maximum absolute atomic E-state index is 11.2. The smallest absolute Gasteiger partial charge is 0.360 e. The lowest BCUT2D eigenvalue weighted by Crippen LogP contribution is -2.53. The third-order valence-corrected chi connectivity index (χ3v) is 1.60. The molecule has 0 aromatic carbocycles. The van der Waals surface area contributed by atoms with E-state index in [0.29, 0.717) is 6.26 Å². The van der Waals surface area contributed by atoms with Gasteiger partial charge < -0.3 is 14.6 Å². The minimum absolute atomic E-state index is 0.0460. The molecule has 0 fully saturated rings. The van der Waals surface area contributed by atoms with Crippen LogP contribution in [0.25, 0.3) is 0 Å². The first-order chi connectivity index (χ1) is 6.17. The van der Waals surface area contributed by atoms with Crippen molar-refractivity contribution in [3.63, 3.8) is 0 Å². The Morgan fingerprint density at radius 1 is 1.62 bits per heavy atom. The van der Waals surface area contributed by atoms with E-state index in [0.717, 1.165) is 0 Å². The number of ether oxygens (including phenoxy) is 2. The van der Waals surface area contributed by atoms with Crippen LogP contribution in [0.4, 0.5) is 0 Å². The van der Waals surface area contributed by atoms with Gasteiger partial charge in [0, 0.05) is 20.4 Å². The summed E-state index contributed by atoms with van der Waals surface area (Å²) in [7, 11) is 2.68. The van der Waals surface area contributed by atoms with Crippen LogP contribution in [0, 0.1) is 0 Å². The normalized spacial score (nSPS) is 23.2. The number of rotatable bonds is 2. The monoisotopic (exact) mass is 186 g/mol. The van der Waals surface area contributed by atoms with Gasteiger partial charge in [0.1, 0.15) is 0 Å².